The molecule has 2 atom stereocenters. The Balaban J connectivity index is 1.53. The summed E-state index contributed by atoms with van der Waals surface area (Å²) in [5.41, 5.74) is 5.01. The van der Waals surface area contributed by atoms with Crippen LogP contribution in [0.4, 0.5) is 5.13 Å². The van der Waals surface area contributed by atoms with Gasteiger partial charge in [0.2, 0.25) is 0 Å². The molecule has 1 amide bonds. The highest BCUT2D eigenvalue weighted by atomic mass is 32.1. The van der Waals surface area contributed by atoms with Gasteiger partial charge in [0.1, 0.15) is 23.4 Å². The van der Waals surface area contributed by atoms with Crippen molar-refractivity contribution in [1.29, 1.82) is 0 Å². The summed E-state index contributed by atoms with van der Waals surface area (Å²) in [5, 5.41) is 12.0. The second-order valence-corrected chi connectivity index (χ2v) is 11.1. The summed E-state index contributed by atoms with van der Waals surface area (Å²) in [5.74, 6) is -0.240. The van der Waals surface area contributed by atoms with E-state index in [4.69, 9.17) is 14.5 Å². The first kappa shape index (κ1) is 25.1. The number of Topliss-reactive ketones (excluding diaryl/α,β-unsaturated/α-hetero) is 1. The van der Waals surface area contributed by atoms with Crippen molar-refractivity contribution in [1.82, 2.24) is 4.98 Å². The van der Waals surface area contributed by atoms with Gasteiger partial charge in [0, 0.05) is 12.0 Å². The van der Waals surface area contributed by atoms with Gasteiger partial charge in [-0.3, -0.25) is 14.5 Å². The SMILES string of the molecule is CCOc1ccc([C@@H]2/C(=C(\O)c3ccc4c(c3)C[C@@H](C)O4)C(=O)C(=O)N2c2nc3c(C)cc(C)cc3s2)cc1. The molecule has 1 aromatic heterocycles. The van der Waals surface area contributed by atoms with Crippen LogP contribution in [0, 0.1) is 13.8 Å². The number of ketones is 1. The molecule has 0 aliphatic carbocycles. The average Bonchev–Trinajstić information content (AvgIpc) is 3.57. The third-order valence-electron chi connectivity index (χ3n) is 7.15. The lowest BCUT2D eigenvalue weighted by Crippen LogP contribution is -2.29. The van der Waals surface area contributed by atoms with E-state index in [0.29, 0.717) is 35.0 Å². The number of nitrogens with zero attached hydrogens (tertiary/aromatic N) is 2. The molecule has 0 radical (unpaired) electrons. The van der Waals surface area contributed by atoms with Crippen LogP contribution in [0.1, 0.15) is 47.7 Å². The Morgan fingerprint density at radius 1 is 1.13 bits per heavy atom. The summed E-state index contributed by atoms with van der Waals surface area (Å²) in [6.45, 7) is 8.40. The number of anilines is 1. The molecule has 0 unspecified atom stereocenters. The van der Waals surface area contributed by atoms with Gasteiger partial charge in [-0.25, -0.2) is 4.98 Å². The van der Waals surface area contributed by atoms with Crippen LogP contribution in [0.25, 0.3) is 16.0 Å². The number of fused-ring (bicyclic) bond motifs is 2. The molecule has 198 valence electrons. The summed E-state index contributed by atoms with van der Waals surface area (Å²) >= 11 is 1.36. The zero-order chi connectivity index (χ0) is 27.4. The summed E-state index contributed by atoms with van der Waals surface area (Å²) in [6.07, 6.45) is 0.746. The molecule has 2 aliphatic rings. The number of amides is 1. The van der Waals surface area contributed by atoms with Gasteiger partial charge in [-0.2, -0.15) is 0 Å². The fourth-order valence-electron chi connectivity index (χ4n) is 5.45. The quantitative estimate of drug-likeness (QED) is 0.183. The third kappa shape index (κ3) is 4.25. The molecule has 3 aromatic carbocycles. The van der Waals surface area contributed by atoms with Crippen LogP contribution >= 0.6 is 11.3 Å². The van der Waals surface area contributed by atoms with Gasteiger partial charge < -0.3 is 14.6 Å². The van der Waals surface area contributed by atoms with Gasteiger partial charge in [-0.1, -0.05) is 29.5 Å². The third-order valence-corrected chi connectivity index (χ3v) is 8.15. The number of benzene rings is 3. The molecule has 1 saturated heterocycles. The lowest BCUT2D eigenvalue weighted by Gasteiger charge is -2.23. The molecule has 4 aromatic rings. The number of hydrogen-bond donors (Lipinski definition) is 1. The van der Waals surface area contributed by atoms with Gasteiger partial charge in [0.25, 0.3) is 5.78 Å². The van der Waals surface area contributed by atoms with Gasteiger partial charge in [-0.05, 0) is 86.3 Å². The molecule has 39 heavy (non-hydrogen) atoms. The lowest BCUT2D eigenvalue weighted by molar-refractivity contribution is -0.132. The molecular formula is C31H28N2O5S. The van der Waals surface area contributed by atoms with Gasteiger partial charge in [0.05, 0.1) is 28.4 Å². The van der Waals surface area contributed by atoms with Crippen LogP contribution in [0.2, 0.25) is 0 Å². The van der Waals surface area contributed by atoms with E-state index >= 15 is 0 Å². The largest absolute Gasteiger partial charge is 0.507 e. The molecule has 6 rings (SSSR count). The number of hydrogen-bond acceptors (Lipinski definition) is 7. The normalized spacial score (nSPS) is 19.9. The summed E-state index contributed by atoms with van der Waals surface area (Å²) in [7, 11) is 0. The highest BCUT2D eigenvalue weighted by Crippen LogP contribution is 2.45. The van der Waals surface area contributed by atoms with E-state index in [1.807, 2.05) is 58.0 Å². The molecule has 0 bridgehead atoms. The van der Waals surface area contributed by atoms with Crippen molar-refractivity contribution < 1.29 is 24.2 Å². The Hall–Kier alpha value is -4.17. The monoisotopic (exact) mass is 540 g/mol. The Bertz CT molecular complexity index is 1670. The Labute approximate surface area is 230 Å². The number of aromatic nitrogens is 1. The maximum Gasteiger partial charge on any atom is 0.301 e. The van der Waals surface area contributed by atoms with E-state index in [1.165, 1.54) is 16.2 Å². The van der Waals surface area contributed by atoms with Gasteiger partial charge in [0.15, 0.2) is 5.13 Å². The fourth-order valence-corrected chi connectivity index (χ4v) is 6.61. The van der Waals surface area contributed by atoms with Crippen LogP contribution in [-0.4, -0.2) is 34.5 Å². The maximum atomic E-state index is 13.6. The lowest BCUT2D eigenvalue weighted by atomic mass is 9.94. The molecule has 1 fully saturated rings. The van der Waals surface area contributed by atoms with Crippen LogP contribution < -0.4 is 14.4 Å². The second-order valence-electron chi connectivity index (χ2n) is 10.1. The number of carbonyl (C=O) groups excluding carboxylic acids is 2. The van der Waals surface area contributed by atoms with Crippen LogP contribution in [0.5, 0.6) is 11.5 Å². The van der Waals surface area contributed by atoms with Gasteiger partial charge in [-0.15, -0.1) is 0 Å². The molecule has 1 N–H and O–H groups in total. The molecule has 0 spiro atoms. The number of thiazole rings is 1. The number of carbonyl (C=O) groups is 2. The molecule has 0 saturated carbocycles. The zero-order valence-electron chi connectivity index (χ0n) is 22.1. The molecule has 2 aliphatic heterocycles. The van der Waals surface area contributed by atoms with E-state index in [1.54, 1.807) is 24.3 Å². The summed E-state index contributed by atoms with van der Waals surface area (Å²) in [6, 6.07) is 15.8. The average molecular weight is 541 g/mol. The molecular weight excluding hydrogens is 512 g/mol. The van der Waals surface area contributed by atoms with Crippen molar-refractivity contribution in [2.45, 2.75) is 46.3 Å². The van der Waals surface area contributed by atoms with E-state index in [2.05, 4.69) is 0 Å². The molecule has 7 nitrogen and oxygen atoms in total. The van der Waals surface area contributed by atoms with E-state index < -0.39 is 17.7 Å². The first-order valence-electron chi connectivity index (χ1n) is 13.0. The predicted octanol–water partition coefficient (Wildman–Crippen LogP) is 6.26. The minimum atomic E-state index is -0.855. The summed E-state index contributed by atoms with van der Waals surface area (Å²) in [4.78, 5) is 33.4. The first-order chi connectivity index (χ1) is 18.7. The minimum Gasteiger partial charge on any atom is -0.507 e. The zero-order valence-corrected chi connectivity index (χ0v) is 23.0. The number of aliphatic hydroxyl groups is 1. The Morgan fingerprint density at radius 3 is 2.64 bits per heavy atom. The van der Waals surface area contributed by atoms with Crippen LogP contribution in [0.15, 0.2) is 60.2 Å². The Morgan fingerprint density at radius 2 is 1.90 bits per heavy atom. The van der Waals surface area contributed by atoms with Crippen molar-refractivity contribution in [2.75, 3.05) is 11.5 Å². The number of aliphatic hydroxyl groups excluding tert-OH is 1. The van der Waals surface area contributed by atoms with Crippen molar-refractivity contribution in [3.05, 3.63) is 88.0 Å². The van der Waals surface area contributed by atoms with E-state index in [9.17, 15) is 14.7 Å². The van der Waals surface area contributed by atoms with Crippen LogP contribution in [-0.2, 0) is 16.0 Å². The van der Waals surface area contributed by atoms with E-state index in [-0.39, 0.29) is 17.4 Å². The van der Waals surface area contributed by atoms with E-state index in [0.717, 1.165) is 32.7 Å². The number of ether oxygens (including phenoxy) is 2. The van der Waals surface area contributed by atoms with Gasteiger partial charge >= 0.3 is 5.91 Å². The highest BCUT2D eigenvalue weighted by Gasteiger charge is 2.48. The molecule has 3 heterocycles. The van der Waals surface area contributed by atoms with Crippen molar-refractivity contribution in [2.24, 2.45) is 0 Å². The topological polar surface area (TPSA) is 89.0 Å². The first-order valence-corrected chi connectivity index (χ1v) is 13.8. The number of rotatable bonds is 5. The Kier molecular flexibility index (Phi) is 6.14. The smallest absolute Gasteiger partial charge is 0.301 e. The van der Waals surface area contributed by atoms with Crippen molar-refractivity contribution in [3.8, 4) is 11.5 Å². The predicted molar refractivity (Wildman–Crippen MR) is 152 cm³/mol. The van der Waals surface area contributed by atoms with Crippen LogP contribution in [0.3, 0.4) is 0 Å². The second kappa shape index (κ2) is 9.54. The fraction of sp³-hybridized carbons (Fsp3) is 0.258. The molecule has 8 heteroatoms. The standard InChI is InChI=1S/C31H28N2O5S/c1-5-37-22-9-6-19(7-10-22)27-25(28(34)20-8-11-23-21(15-20)14-18(4)38-23)29(35)30(36)33(27)31-32-26-17(3)12-16(2)13-24(26)39-31/h6-13,15,18,27,34H,5,14H2,1-4H3/b28-25+/t18-,27-/m1/s1. The highest BCUT2D eigenvalue weighted by molar-refractivity contribution is 7.22. The number of aryl methyl sites for hydroxylation is 2. The maximum absolute atomic E-state index is 13.6. The minimum absolute atomic E-state index is 0.0308. The van der Waals surface area contributed by atoms with Crippen molar-refractivity contribution in [3.63, 3.8) is 0 Å². The summed E-state index contributed by atoms with van der Waals surface area (Å²) < 4.78 is 12.3. The van der Waals surface area contributed by atoms with Crippen molar-refractivity contribution >= 4 is 44.1 Å².